The lowest BCUT2D eigenvalue weighted by Crippen LogP contribution is -2.46. The van der Waals surface area contributed by atoms with Crippen molar-refractivity contribution < 1.29 is 18.7 Å². The normalized spacial score (nSPS) is 13.9. The molecule has 0 aliphatic rings. The van der Waals surface area contributed by atoms with Crippen LogP contribution in [0.5, 0.6) is 0 Å². The number of hydrogen-bond donors (Lipinski definition) is 2. The molecule has 1 aromatic rings. The molecule has 0 saturated heterocycles. The lowest BCUT2D eigenvalue weighted by atomic mass is 10.1. The summed E-state index contributed by atoms with van der Waals surface area (Å²) in [6.45, 7) is 0.664. The van der Waals surface area contributed by atoms with E-state index in [1.54, 1.807) is 13.8 Å². The van der Waals surface area contributed by atoms with Crippen molar-refractivity contribution in [1.29, 1.82) is 0 Å². The number of carboxylic acids is 1. The number of nitrogens with zero attached hydrogens (tertiary/aromatic N) is 2. The second-order valence-electron chi connectivity index (χ2n) is 4.24. The molecule has 0 amide bonds. The zero-order valence-corrected chi connectivity index (χ0v) is 10.8. The van der Waals surface area contributed by atoms with Crippen LogP contribution in [-0.4, -0.2) is 31.4 Å². The summed E-state index contributed by atoms with van der Waals surface area (Å²) in [5.74, 6) is -0.754. The van der Waals surface area contributed by atoms with Crippen molar-refractivity contribution >= 4 is 17.7 Å². The first-order valence-electron chi connectivity index (χ1n) is 5.18. The summed E-state index contributed by atoms with van der Waals surface area (Å²) in [6, 6.07) is -1.07. The quantitative estimate of drug-likeness (QED) is 0.828. The first-order chi connectivity index (χ1) is 8.25. The number of carbonyl (C=O) groups is 1. The smallest absolute Gasteiger partial charge is 0.321 e. The van der Waals surface area contributed by atoms with Crippen LogP contribution >= 0.6 is 11.8 Å². The minimum atomic E-state index is -2.65. The molecule has 1 atom stereocenters. The number of aromatic nitrogens is 2. The molecule has 0 radical (unpaired) electrons. The molecule has 0 aromatic carbocycles. The van der Waals surface area contributed by atoms with Crippen LogP contribution in [-0.2, 0) is 10.5 Å². The molecule has 1 rings (SSSR count). The third-order valence-corrected chi connectivity index (χ3v) is 3.95. The van der Waals surface area contributed by atoms with Gasteiger partial charge < -0.3 is 10.8 Å². The Balaban J connectivity index is 2.70. The second-order valence-corrected chi connectivity index (χ2v) is 5.87. The Labute approximate surface area is 107 Å². The molecule has 0 aliphatic carbocycles. The van der Waals surface area contributed by atoms with Crippen LogP contribution in [0.4, 0.5) is 8.78 Å². The first-order valence-corrected chi connectivity index (χ1v) is 6.16. The van der Waals surface area contributed by atoms with Crippen molar-refractivity contribution in [2.45, 2.75) is 36.9 Å². The van der Waals surface area contributed by atoms with E-state index in [-0.39, 0.29) is 11.6 Å². The maximum absolute atomic E-state index is 12.6. The van der Waals surface area contributed by atoms with E-state index in [1.165, 1.54) is 24.2 Å². The van der Waals surface area contributed by atoms with Crippen LogP contribution in [0.1, 0.15) is 26.2 Å². The molecule has 5 nitrogen and oxygen atoms in total. The zero-order valence-electron chi connectivity index (χ0n) is 10.0. The summed E-state index contributed by atoms with van der Waals surface area (Å²) in [5, 5.41) is 8.84. The van der Waals surface area contributed by atoms with Crippen molar-refractivity contribution in [3.05, 3.63) is 18.2 Å². The van der Waals surface area contributed by atoms with E-state index < -0.39 is 23.3 Å². The lowest BCUT2D eigenvalue weighted by molar-refractivity contribution is -0.139. The summed E-state index contributed by atoms with van der Waals surface area (Å²) in [5.41, 5.74) is 5.54. The minimum Gasteiger partial charge on any atom is -0.480 e. The predicted octanol–water partition coefficient (Wildman–Crippen LogP) is 1.70. The fraction of sp³-hybridized carbons (Fsp3) is 0.600. The molecule has 18 heavy (non-hydrogen) atoms. The van der Waals surface area contributed by atoms with Crippen molar-refractivity contribution in [1.82, 2.24) is 9.55 Å². The zero-order chi connectivity index (χ0) is 13.9. The van der Waals surface area contributed by atoms with Gasteiger partial charge in [-0.15, -0.1) is 11.8 Å². The fourth-order valence-corrected chi connectivity index (χ4v) is 2.28. The van der Waals surface area contributed by atoms with E-state index in [1.807, 2.05) is 0 Å². The van der Waals surface area contributed by atoms with Gasteiger partial charge in [-0.3, -0.25) is 9.36 Å². The van der Waals surface area contributed by atoms with Gasteiger partial charge in [0.1, 0.15) is 11.9 Å². The van der Waals surface area contributed by atoms with Crippen LogP contribution in [0, 0.1) is 0 Å². The molecule has 1 aromatic heterocycles. The van der Waals surface area contributed by atoms with Gasteiger partial charge in [0.2, 0.25) is 0 Å². The van der Waals surface area contributed by atoms with Gasteiger partial charge in [0.15, 0.2) is 0 Å². The van der Waals surface area contributed by atoms with Crippen LogP contribution in [0.15, 0.2) is 12.4 Å². The summed E-state index contributed by atoms with van der Waals surface area (Å²) in [7, 11) is 0. The molecule has 8 heteroatoms. The summed E-state index contributed by atoms with van der Waals surface area (Å²) < 4.78 is 25.1. The Morgan fingerprint density at radius 1 is 1.67 bits per heavy atom. The van der Waals surface area contributed by atoms with Gasteiger partial charge in [0.25, 0.3) is 0 Å². The maximum Gasteiger partial charge on any atom is 0.321 e. The first kappa shape index (κ1) is 14.9. The average molecular weight is 279 g/mol. The summed E-state index contributed by atoms with van der Waals surface area (Å²) in [4.78, 5) is 14.6. The molecule has 0 saturated carbocycles. The van der Waals surface area contributed by atoms with Crippen molar-refractivity contribution in [2.24, 2.45) is 5.73 Å². The number of imidazole rings is 1. The van der Waals surface area contributed by atoms with E-state index in [4.69, 9.17) is 10.8 Å². The second kappa shape index (κ2) is 5.66. The number of alkyl halides is 2. The van der Waals surface area contributed by atoms with Gasteiger partial charge in [0, 0.05) is 17.1 Å². The largest absolute Gasteiger partial charge is 0.480 e. The Morgan fingerprint density at radius 2 is 2.28 bits per heavy atom. The molecular weight excluding hydrogens is 264 g/mol. The van der Waals surface area contributed by atoms with Crippen LogP contribution in [0.25, 0.3) is 0 Å². The highest BCUT2D eigenvalue weighted by Crippen LogP contribution is 2.31. The number of thioether (sulfide) groups is 1. The molecule has 0 unspecified atom stereocenters. The number of hydrogen-bond acceptors (Lipinski definition) is 4. The highest BCUT2D eigenvalue weighted by Gasteiger charge is 2.33. The summed E-state index contributed by atoms with van der Waals surface area (Å²) >= 11 is 1.18. The van der Waals surface area contributed by atoms with Gasteiger partial charge in [-0.25, -0.2) is 4.98 Å². The van der Waals surface area contributed by atoms with Crippen molar-refractivity contribution in [2.75, 3.05) is 0 Å². The molecular formula is C10H15F2N3O2S. The van der Waals surface area contributed by atoms with Crippen molar-refractivity contribution in [3.63, 3.8) is 0 Å². The highest BCUT2D eigenvalue weighted by molar-refractivity contribution is 7.99. The predicted molar refractivity (Wildman–Crippen MR) is 64.5 cm³/mol. The number of rotatable bonds is 6. The number of halogens is 2. The minimum absolute atomic E-state index is 0.172. The lowest BCUT2D eigenvalue weighted by Gasteiger charge is -2.27. The average Bonchev–Trinajstić information content (AvgIpc) is 2.73. The van der Waals surface area contributed by atoms with E-state index >= 15 is 0 Å². The number of nitrogens with two attached hydrogens (primary N) is 1. The van der Waals surface area contributed by atoms with Gasteiger partial charge in [-0.2, -0.15) is 8.78 Å². The third-order valence-electron chi connectivity index (χ3n) is 2.55. The number of carboxylic acid groups (broad SMARTS) is 1. The third kappa shape index (κ3) is 3.42. The fourth-order valence-electron chi connectivity index (χ4n) is 1.27. The van der Waals surface area contributed by atoms with Crippen LogP contribution < -0.4 is 5.73 Å². The van der Waals surface area contributed by atoms with E-state index in [9.17, 15) is 13.6 Å². The SMILES string of the molecule is CC(C)(SCc1nccn1C(F)F)[C@@H](N)C(=O)O. The molecule has 0 bridgehead atoms. The van der Waals surface area contributed by atoms with Gasteiger partial charge >= 0.3 is 12.5 Å². The van der Waals surface area contributed by atoms with Crippen molar-refractivity contribution in [3.8, 4) is 0 Å². The Bertz CT molecular complexity index is 423. The maximum atomic E-state index is 12.6. The van der Waals surface area contributed by atoms with E-state index in [0.717, 1.165) is 4.57 Å². The molecule has 0 fully saturated rings. The van der Waals surface area contributed by atoms with E-state index in [0.29, 0.717) is 0 Å². The van der Waals surface area contributed by atoms with Gasteiger partial charge in [-0.05, 0) is 13.8 Å². The molecule has 1 heterocycles. The van der Waals surface area contributed by atoms with Crippen LogP contribution in [0.2, 0.25) is 0 Å². The molecule has 3 N–H and O–H groups in total. The highest BCUT2D eigenvalue weighted by atomic mass is 32.2. The van der Waals surface area contributed by atoms with Crippen LogP contribution in [0.3, 0.4) is 0 Å². The topological polar surface area (TPSA) is 81.1 Å². The summed E-state index contributed by atoms with van der Waals surface area (Å²) in [6.07, 6.45) is 2.47. The molecule has 0 spiro atoms. The molecule has 0 aliphatic heterocycles. The van der Waals surface area contributed by atoms with Gasteiger partial charge in [-0.1, -0.05) is 0 Å². The van der Waals surface area contributed by atoms with E-state index in [2.05, 4.69) is 4.98 Å². The molecule has 102 valence electrons. The Kier molecular flexibility index (Phi) is 4.69. The Morgan fingerprint density at radius 3 is 2.78 bits per heavy atom. The van der Waals surface area contributed by atoms with Gasteiger partial charge in [0.05, 0.1) is 5.75 Å². The standard InChI is InChI=1S/C10H15F2N3O2S/c1-10(2,7(13)8(16)17)18-5-6-14-3-4-15(6)9(11)12/h3-4,7,9H,5,13H2,1-2H3,(H,16,17)/t7-/m0/s1. The Hall–Kier alpha value is -1.15. The monoisotopic (exact) mass is 279 g/mol. The number of aliphatic carboxylic acids is 1.